The molecule has 0 spiro atoms. The van der Waals surface area contributed by atoms with E-state index in [-0.39, 0.29) is 18.4 Å². The fraction of sp³-hybridized carbons (Fsp3) is 0.375. The number of aryl methyl sites for hydroxylation is 1. The molecule has 1 aliphatic rings. The molecule has 1 aromatic heterocycles. The standard InChI is InChI=1S/C16H18ClN3O2/c17-11-6-4-10(5-7-11)15(9-21)19-16(22)12-2-1-3-14-13(12)8-18-20-14/h4-8,12,15,21H,1-3,9H2,(H,18,20)(H,19,22). The van der Waals surface area contributed by atoms with Gasteiger partial charge in [0.1, 0.15) is 0 Å². The van der Waals surface area contributed by atoms with Crippen LogP contribution in [0.5, 0.6) is 0 Å². The van der Waals surface area contributed by atoms with E-state index in [0.717, 1.165) is 36.1 Å². The molecule has 3 N–H and O–H groups in total. The van der Waals surface area contributed by atoms with Crippen molar-refractivity contribution in [2.24, 2.45) is 0 Å². The van der Waals surface area contributed by atoms with E-state index in [9.17, 15) is 9.90 Å². The monoisotopic (exact) mass is 319 g/mol. The third-order valence-corrected chi connectivity index (χ3v) is 4.39. The molecule has 2 unspecified atom stereocenters. The molecule has 22 heavy (non-hydrogen) atoms. The average Bonchev–Trinajstić information content (AvgIpc) is 3.01. The number of rotatable bonds is 4. The summed E-state index contributed by atoms with van der Waals surface area (Å²) in [7, 11) is 0. The Morgan fingerprint density at radius 2 is 2.23 bits per heavy atom. The number of aromatic amines is 1. The van der Waals surface area contributed by atoms with E-state index < -0.39 is 6.04 Å². The van der Waals surface area contributed by atoms with E-state index in [0.29, 0.717) is 5.02 Å². The topological polar surface area (TPSA) is 78.0 Å². The second-order valence-electron chi connectivity index (χ2n) is 5.54. The van der Waals surface area contributed by atoms with Gasteiger partial charge >= 0.3 is 0 Å². The number of aliphatic hydroxyl groups is 1. The smallest absolute Gasteiger partial charge is 0.228 e. The van der Waals surface area contributed by atoms with E-state index in [1.54, 1.807) is 18.3 Å². The minimum Gasteiger partial charge on any atom is -0.394 e. The van der Waals surface area contributed by atoms with Crippen LogP contribution < -0.4 is 5.32 Å². The molecule has 1 heterocycles. The van der Waals surface area contributed by atoms with Crippen LogP contribution in [0.2, 0.25) is 5.02 Å². The summed E-state index contributed by atoms with van der Waals surface area (Å²) in [5, 5.41) is 20.1. The van der Waals surface area contributed by atoms with Gasteiger partial charge in [0.25, 0.3) is 0 Å². The molecular weight excluding hydrogens is 302 g/mol. The van der Waals surface area contributed by atoms with Crippen LogP contribution in [0.1, 0.15) is 41.6 Å². The van der Waals surface area contributed by atoms with Crippen molar-refractivity contribution in [3.8, 4) is 0 Å². The summed E-state index contributed by atoms with van der Waals surface area (Å²) >= 11 is 5.87. The number of hydrogen-bond donors (Lipinski definition) is 3. The third kappa shape index (κ3) is 3.00. The number of nitrogens with one attached hydrogen (secondary N) is 2. The van der Waals surface area contributed by atoms with Crippen LogP contribution >= 0.6 is 11.6 Å². The number of halogens is 1. The highest BCUT2D eigenvalue weighted by Gasteiger charge is 2.29. The van der Waals surface area contributed by atoms with Gasteiger partial charge in [0.15, 0.2) is 0 Å². The molecule has 1 aromatic carbocycles. The normalized spacial score (nSPS) is 18.5. The summed E-state index contributed by atoms with van der Waals surface area (Å²) in [5.74, 6) is -0.278. The first kappa shape index (κ1) is 15.1. The van der Waals surface area contributed by atoms with Crippen molar-refractivity contribution in [3.63, 3.8) is 0 Å². The Balaban J connectivity index is 1.75. The van der Waals surface area contributed by atoms with Crippen molar-refractivity contribution in [2.45, 2.75) is 31.2 Å². The maximum atomic E-state index is 12.6. The average molecular weight is 320 g/mol. The SMILES string of the molecule is O=C(NC(CO)c1ccc(Cl)cc1)C1CCCc2[nH]ncc21. The molecule has 116 valence electrons. The Hall–Kier alpha value is -1.85. The number of benzene rings is 1. The molecule has 0 saturated carbocycles. The molecule has 6 heteroatoms. The number of H-pyrrole nitrogens is 1. The Kier molecular flexibility index (Phi) is 4.45. The Labute approximate surface area is 133 Å². The zero-order chi connectivity index (χ0) is 15.5. The van der Waals surface area contributed by atoms with Crippen molar-refractivity contribution >= 4 is 17.5 Å². The summed E-state index contributed by atoms with van der Waals surface area (Å²) in [4.78, 5) is 12.6. The fourth-order valence-electron chi connectivity index (χ4n) is 2.94. The summed E-state index contributed by atoms with van der Waals surface area (Å²) in [6, 6.07) is 6.70. The molecule has 0 radical (unpaired) electrons. The van der Waals surface area contributed by atoms with E-state index in [1.807, 2.05) is 12.1 Å². The molecule has 2 aromatic rings. The van der Waals surface area contributed by atoms with Crippen LogP contribution in [0.4, 0.5) is 0 Å². The van der Waals surface area contributed by atoms with E-state index in [4.69, 9.17) is 11.6 Å². The molecular formula is C16H18ClN3O2. The molecule has 0 aliphatic heterocycles. The highest BCUT2D eigenvalue weighted by molar-refractivity contribution is 6.30. The van der Waals surface area contributed by atoms with Gasteiger partial charge in [-0.2, -0.15) is 5.10 Å². The molecule has 1 aliphatic carbocycles. The van der Waals surface area contributed by atoms with E-state index in [2.05, 4.69) is 15.5 Å². The summed E-state index contributed by atoms with van der Waals surface area (Å²) < 4.78 is 0. The zero-order valence-corrected chi connectivity index (χ0v) is 12.8. The van der Waals surface area contributed by atoms with Crippen LogP contribution in [0.25, 0.3) is 0 Å². The van der Waals surface area contributed by atoms with Crippen molar-refractivity contribution in [3.05, 3.63) is 52.3 Å². The van der Waals surface area contributed by atoms with Crippen LogP contribution in [-0.2, 0) is 11.2 Å². The summed E-state index contributed by atoms with van der Waals surface area (Å²) in [6.45, 7) is -0.154. The number of fused-ring (bicyclic) bond motifs is 1. The molecule has 0 bridgehead atoms. The lowest BCUT2D eigenvalue weighted by Crippen LogP contribution is -2.35. The minimum atomic E-state index is -0.429. The Morgan fingerprint density at radius 3 is 2.95 bits per heavy atom. The number of hydrogen-bond acceptors (Lipinski definition) is 3. The van der Waals surface area contributed by atoms with Crippen molar-refractivity contribution in [2.75, 3.05) is 6.61 Å². The van der Waals surface area contributed by atoms with Crippen LogP contribution in [0.3, 0.4) is 0 Å². The third-order valence-electron chi connectivity index (χ3n) is 4.13. The molecule has 3 rings (SSSR count). The maximum Gasteiger partial charge on any atom is 0.228 e. The first-order chi connectivity index (χ1) is 10.7. The molecule has 2 atom stereocenters. The molecule has 0 fully saturated rings. The van der Waals surface area contributed by atoms with Gasteiger partial charge in [-0.05, 0) is 37.0 Å². The predicted molar refractivity (Wildman–Crippen MR) is 83.7 cm³/mol. The van der Waals surface area contributed by atoms with Crippen molar-refractivity contribution < 1.29 is 9.90 Å². The number of nitrogens with zero attached hydrogens (tertiary/aromatic N) is 1. The van der Waals surface area contributed by atoms with Gasteiger partial charge in [0, 0.05) is 16.3 Å². The largest absolute Gasteiger partial charge is 0.394 e. The van der Waals surface area contributed by atoms with Gasteiger partial charge in [-0.3, -0.25) is 9.89 Å². The fourth-order valence-corrected chi connectivity index (χ4v) is 3.06. The summed E-state index contributed by atoms with van der Waals surface area (Å²) in [5.41, 5.74) is 2.85. The van der Waals surface area contributed by atoms with Crippen molar-refractivity contribution in [1.82, 2.24) is 15.5 Å². The highest BCUT2D eigenvalue weighted by atomic mass is 35.5. The second kappa shape index (κ2) is 6.50. The Morgan fingerprint density at radius 1 is 1.45 bits per heavy atom. The molecule has 1 amide bonds. The van der Waals surface area contributed by atoms with Crippen molar-refractivity contribution in [1.29, 1.82) is 0 Å². The second-order valence-corrected chi connectivity index (χ2v) is 5.98. The number of aromatic nitrogens is 2. The zero-order valence-electron chi connectivity index (χ0n) is 12.1. The van der Waals surface area contributed by atoms with Gasteiger partial charge in [-0.1, -0.05) is 23.7 Å². The van der Waals surface area contributed by atoms with Gasteiger partial charge in [0.2, 0.25) is 5.91 Å². The number of amides is 1. The highest BCUT2D eigenvalue weighted by Crippen LogP contribution is 2.31. The molecule has 5 nitrogen and oxygen atoms in total. The van der Waals surface area contributed by atoms with E-state index in [1.165, 1.54) is 0 Å². The van der Waals surface area contributed by atoms with Gasteiger partial charge in [-0.25, -0.2) is 0 Å². The van der Waals surface area contributed by atoms with Gasteiger partial charge in [0.05, 0.1) is 24.8 Å². The van der Waals surface area contributed by atoms with Crippen LogP contribution in [0, 0.1) is 0 Å². The van der Waals surface area contributed by atoms with Crippen LogP contribution in [-0.4, -0.2) is 27.8 Å². The first-order valence-electron chi connectivity index (χ1n) is 7.38. The summed E-state index contributed by atoms with van der Waals surface area (Å²) in [6.07, 6.45) is 4.42. The minimum absolute atomic E-state index is 0.0728. The van der Waals surface area contributed by atoms with Gasteiger partial charge < -0.3 is 10.4 Å². The quantitative estimate of drug-likeness (QED) is 0.809. The lowest BCUT2D eigenvalue weighted by atomic mass is 9.86. The Bertz CT molecular complexity index is 654. The first-order valence-corrected chi connectivity index (χ1v) is 7.75. The number of carbonyl (C=O) groups is 1. The lowest BCUT2D eigenvalue weighted by molar-refractivity contribution is -0.124. The van der Waals surface area contributed by atoms with Gasteiger partial charge in [-0.15, -0.1) is 0 Å². The predicted octanol–water partition coefficient (Wildman–Crippen LogP) is 2.33. The maximum absolute atomic E-state index is 12.6. The molecule has 0 saturated heterocycles. The number of carbonyl (C=O) groups excluding carboxylic acids is 1. The number of aliphatic hydroxyl groups excluding tert-OH is 1. The van der Waals surface area contributed by atoms with E-state index >= 15 is 0 Å². The lowest BCUT2D eigenvalue weighted by Gasteiger charge is -2.24. The van der Waals surface area contributed by atoms with Crippen LogP contribution in [0.15, 0.2) is 30.5 Å².